The molecule has 0 atom stereocenters. The number of piperazine rings is 1. The fourth-order valence-electron chi connectivity index (χ4n) is 2.77. The van der Waals surface area contributed by atoms with E-state index in [-0.39, 0.29) is 5.91 Å². The van der Waals surface area contributed by atoms with Crippen molar-refractivity contribution >= 4 is 17.2 Å². The molecule has 128 valence electrons. The standard InChI is InChI=1S/C17H22N4O2S/c1-3-5-13(2)17(22)21-9-7-20(8-10-21)12-15-18-16(23-19-15)14-6-4-11-24-14/h4-6,11H,3,7-10,12H2,1-2H3. The minimum absolute atomic E-state index is 0.149. The number of amides is 1. The molecular weight excluding hydrogens is 324 g/mol. The molecule has 2 aromatic rings. The SMILES string of the molecule is CCC=C(C)C(=O)N1CCN(Cc2noc(-c3cccs3)n2)CC1. The summed E-state index contributed by atoms with van der Waals surface area (Å²) in [7, 11) is 0. The molecule has 0 N–H and O–H groups in total. The Morgan fingerprint density at radius 1 is 1.38 bits per heavy atom. The number of thiophene rings is 1. The first kappa shape index (κ1) is 16.9. The van der Waals surface area contributed by atoms with Gasteiger partial charge in [-0.25, -0.2) is 0 Å². The predicted molar refractivity (Wildman–Crippen MR) is 93.5 cm³/mol. The Labute approximate surface area is 145 Å². The van der Waals surface area contributed by atoms with Gasteiger partial charge in [0.25, 0.3) is 5.89 Å². The second-order valence-corrected chi connectivity index (χ2v) is 6.80. The van der Waals surface area contributed by atoms with Gasteiger partial charge in [0.1, 0.15) is 0 Å². The Balaban J connectivity index is 1.52. The molecule has 0 aromatic carbocycles. The van der Waals surface area contributed by atoms with Crippen LogP contribution in [0.2, 0.25) is 0 Å². The quantitative estimate of drug-likeness (QED) is 0.779. The number of nitrogens with zero attached hydrogens (tertiary/aromatic N) is 4. The zero-order valence-corrected chi connectivity index (χ0v) is 14.9. The largest absolute Gasteiger partial charge is 0.336 e. The van der Waals surface area contributed by atoms with Gasteiger partial charge in [-0.1, -0.05) is 24.2 Å². The Hall–Kier alpha value is -1.99. The summed E-state index contributed by atoms with van der Waals surface area (Å²) in [5, 5.41) is 6.05. The summed E-state index contributed by atoms with van der Waals surface area (Å²) < 4.78 is 5.32. The van der Waals surface area contributed by atoms with E-state index >= 15 is 0 Å². The molecule has 0 bridgehead atoms. The van der Waals surface area contributed by atoms with Crippen LogP contribution in [0.5, 0.6) is 0 Å². The van der Waals surface area contributed by atoms with Gasteiger partial charge in [-0.15, -0.1) is 11.3 Å². The Kier molecular flexibility index (Phi) is 5.42. The van der Waals surface area contributed by atoms with Gasteiger partial charge >= 0.3 is 0 Å². The van der Waals surface area contributed by atoms with Gasteiger partial charge in [0.15, 0.2) is 5.82 Å². The van der Waals surface area contributed by atoms with Crippen molar-refractivity contribution < 1.29 is 9.32 Å². The summed E-state index contributed by atoms with van der Waals surface area (Å²) >= 11 is 1.59. The van der Waals surface area contributed by atoms with Gasteiger partial charge in [-0.05, 0) is 24.8 Å². The predicted octanol–water partition coefficient (Wildman–Crippen LogP) is 2.80. The lowest BCUT2D eigenvalue weighted by Gasteiger charge is -2.34. The summed E-state index contributed by atoms with van der Waals surface area (Å²) in [6.45, 7) is 7.73. The second-order valence-electron chi connectivity index (χ2n) is 5.86. The van der Waals surface area contributed by atoms with Crippen LogP contribution in [0.1, 0.15) is 26.1 Å². The average Bonchev–Trinajstić information content (AvgIpc) is 3.26. The molecule has 3 heterocycles. The molecule has 0 aliphatic carbocycles. The van der Waals surface area contributed by atoms with Crippen molar-refractivity contribution in [3.8, 4) is 10.8 Å². The van der Waals surface area contributed by atoms with Crippen molar-refractivity contribution in [2.24, 2.45) is 0 Å². The number of rotatable bonds is 5. The molecule has 0 radical (unpaired) electrons. The lowest BCUT2D eigenvalue weighted by atomic mass is 10.2. The first-order chi connectivity index (χ1) is 11.7. The zero-order valence-electron chi connectivity index (χ0n) is 14.1. The van der Waals surface area contributed by atoms with Crippen molar-refractivity contribution in [3.05, 3.63) is 35.0 Å². The first-order valence-corrected chi connectivity index (χ1v) is 9.10. The summed E-state index contributed by atoms with van der Waals surface area (Å²) in [6, 6.07) is 3.94. The lowest BCUT2D eigenvalue weighted by Crippen LogP contribution is -2.48. The number of hydrogen-bond acceptors (Lipinski definition) is 6. The van der Waals surface area contributed by atoms with Crippen LogP contribution in [0.4, 0.5) is 0 Å². The van der Waals surface area contributed by atoms with E-state index in [1.165, 1.54) is 0 Å². The van der Waals surface area contributed by atoms with Crippen LogP contribution in [0, 0.1) is 0 Å². The highest BCUT2D eigenvalue weighted by atomic mass is 32.1. The first-order valence-electron chi connectivity index (χ1n) is 8.22. The number of hydrogen-bond donors (Lipinski definition) is 0. The molecule has 0 saturated carbocycles. The van der Waals surface area contributed by atoms with Gasteiger partial charge in [0, 0.05) is 31.8 Å². The molecule has 3 rings (SSSR count). The molecule has 0 unspecified atom stereocenters. The van der Waals surface area contributed by atoms with E-state index in [4.69, 9.17) is 4.52 Å². The highest BCUT2D eigenvalue weighted by Crippen LogP contribution is 2.22. The molecule has 7 heteroatoms. The van der Waals surface area contributed by atoms with Crippen LogP contribution >= 0.6 is 11.3 Å². The highest BCUT2D eigenvalue weighted by Gasteiger charge is 2.23. The fraction of sp³-hybridized carbons (Fsp3) is 0.471. The van der Waals surface area contributed by atoms with E-state index < -0.39 is 0 Å². The van der Waals surface area contributed by atoms with E-state index in [2.05, 4.69) is 15.0 Å². The Bertz CT molecular complexity index is 700. The maximum absolute atomic E-state index is 12.3. The molecule has 1 saturated heterocycles. The highest BCUT2D eigenvalue weighted by molar-refractivity contribution is 7.13. The molecule has 1 aliphatic rings. The Morgan fingerprint density at radius 2 is 2.17 bits per heavy atom. The number of allylic oxidation sites excluding steroid dienone is 1. The van der Waals surface area contributed by atoms with Crippen molar-refractivity contribution in [3.63, 3.8) is 0 Å². The smallest absolute Gasteiger partial charge is 0.268 e. The molecule has 1 aliphatic heterocycles. The van der Waals surface area contributed by atoms with Crippen molar-refractivity contribution in [2.75, 3.05) is 26.2 Å². The maximum atomic E-state index is 12.3. The van der Waals surface area contributed by atoms with E-state index in [9.17, 15) is 4.79 Å². The molecule has 6 nitrogen and oxygen atoms in total. The van der Waals surface area contributed by atoms with Crippen LogP contribution in [-0.2, 0) is 11.3 Å². The average molecular weight is 346 g/mol. The van der Waals surface area contributed by atoms with Crippen LogP contribution < -0.4 is 0 Å². The van der Waals surface area contributed by atoms with E-state index in [0.717, 1.165) is 43.1 Å². The minimum atomic E-state index is 0.149. The summed E-state index contributed by atoms with van der Waals surface area (Å²) in [4.78, 5) is 21.9. The molecule has 24 heavy (non-hydrogen) atoms. The van der Waals surface area contributed by atoms with Crippen LogP contribution in [-0.4, -0.2) is 52.0 Å². The van der Waals surface area contributed by atoms with Crippen molar-refractivity contribution in [1.29, 1.82) is 0 Å². The summed E-state index contributed by atoms with van der Waals surface area (Å²) in [5.74, 6) is 1.42. The summed E-state index contributed by atoms with van der Waals surface area (Å²) in [6.07, 6.45) is 2.88. The third-order valence-electron chi connectivity index (χ3n) is 4.07. The number of carbonyl (C=O) groups excluding carboxylic acids is 1. The zero-order chi connectivity index (χ0) is 16.9. The van der Waals surface area contributed by atoms with Crippen LogP contribution in [0.25, 0.3) is 10.8 Å². The van der Waals surface area contributed by atoms with Gasteiger partial charge in [0.2, 0.25) is 5.91 Å². The number of aromatic nitrogens is 2. The van der Waals surface area contributed by atoms with Crippen molar-refractivity contribution in [1.82, 2.24) is 19.9 Å². The lowest BCUT2D eigenvalue weighted by molar-refractivity contribution is -0.128. The minimum Gasteiger partial charge on any atom is -0.336 e. The maximum Gasteiger partial charge on any atom is 0.268 e. The van der Waals surface area contributed by atoms with Gasteiger partial charge in [-0.2, -0.15) is 4.98 Å². The monoisotopic (exact) mass is 346 g/mol. The van der Waals surface area contributed by atoms with E-state index in [0.29, 0.717) is 18.3 Å². The van der Waals surface area contributed by atoms with E-state index in [1.54, 1.807) is 11.3 Å². The Morgan fingerprint density at radius 3 is 2.83 bits per heavy atom. The topological polar surface area (TPSA) is 62.5 Å². The molecule has 2 aromatic heterocycles. The number of carbonyl (C=O) groups is 1. The van der Waals surface area contributed by atoms with Crippen molar-refractivity contribution in [2.45, 2.75) is 26.8 Å². The third-order valence-corrected chi connectivity index (χ3v) is 4.93. The van der Waals surface area contributed by atoms with Gasteiger partial charge in [-0.3, -0.25) is 9.69 Å². The fourth-order valence-corrected chi connectivity index (χ4v) is 3.42. The van der Waals surface area contributed by atoms with E-state index in [1.807, 2.05) is 42.3 Å². The molecule has 1 amide bonds. The summed E-state index contributed by atoms with van der Waals surface area (Å²) in [5.41, 5.74) is 0.838. The van der Waals surface area contributed by atoms with Gasteiger partial charge in [0.05, 0.1) is 11.4 Å². The normalized spacial score (nSPS) is 16.6. The van der Waals surface area contributed by atoms with Crippen LogP contribution in [0.15, 0.2) is 33.7 Å². The second kappa shape index (κ2) is 7.72. The van der Waals surface area contributed by atoms with Crippen LogP contribution in [0.3, 0.4) is 0 Å². The molecule has 1 fully saturated rings. The third kappa shape index (κ3) is 3.91. The molecular formula is C17H22N4O2S. The van der Waals surface area contributed by atoms with Gasteiger partial charge < -0.3 is 9.42 Å². The molecule has 0 spiro atoms.